The molecule has 2 nitrogen and oxygen atoms in total. The Morgan fingerprint density at radius 3 is 2.29 bits per heavy atom. The zero-order valence-electron chi connectivity index (χ0n) is 9.32. The molecule has 1 aliphatic rings. The predicted molar refractivity (Wildman–Crippen MR) is 68.5 cm³/mol. The molecule has 17 heavy (non-hydrogen) atoms. The smallest absolute Gasteiger partial charge is 0.0886 e. The van der Waals surface area contributed by atoms with Crippen molar-refractivity contribution in [2.45, 2.75) is 5.92 Å². The predicted octanol–water partition coefficient (Wildman–Crippen LogP) is 3.35. The van der Waals surface area contributed by atoms with Crippen LogP contribution in [-0.2, 0) is 0 Å². The second-order valence-electron chi connectivity index (χ2n) is 3.99. The summed E-state index contributed by atoms with van der Waals surface area (Å²) in [5.41, 5.74) is 3.05. The van der Waals surface area contributed by atoms with Gasteiger partial charge in [-0.15, -0.1) is 0 Å². The van der Waals surface area contributed by atoms with Crippen LogP contribution < -0.4 is 0 Å². The fourth-order valence-electron chi connectivity index (χ4n) is 1.92. The number of aromatic nitrogens is 2. The third-order valence-corrected chi connectivity index (χ3v) is 2.85. The van der Waals surface area contributed by atoms with Gasteiger partial charge in [-0.1, -0.05) is 36.4 Å². The van der Waals surface area contributed by atoms with Gasteiger partial charge >= 0.3 is 0 Å². The number of rotatable bonds is 2. The zero-order valence-corrected chi connectivity index (χ0v) is 9.32. The average Bonchev–Trinajstić information content (AvgIpc) is 2.94. The SMILES string of the molecule is C1=CC(c2ccc(-c3ccccn3)nc2)C=C1. The highest BCUT2D eigenvalue weighted by Crippen LogP contribution is 2.23. The van der Waals surface area contributed by atoms with Gasteiger partial charge in [0.05, 0.1) is 11.4 Å². The molecule has 2 aromatic heterocycles. The first-order chi connectivity index (χ1) is 8.43. The fraction of sp³-hybridized carbons (Fsp3) is 0.0667. The molecule has 0 radical (unpaired) electrons. The first-order valence-electron chi connectivity index (χ1n) is 5.66. The van der Waals surface area contributed by atoms with E-state index in [9.17, 15) is 0 Å². The van der Waals surface area contributed by atoms with Crippen LogP contribution in [0.5, 0.6) is 0 Å². The standard InChI is InChI=1S/C15H12N2/c1-2-6-12(5-1)13-8-9-15(17-11-13)14-7-3-4-10-16-14/h1-12H. The summed E-state index contributed by atoms with van der Waals surface area (Å²) in [4.78, 5) is 8.75. The molecule has 0 saturated heterocycles. The van der Waals surface area contributed by atoms with E-state index in [0.717, 1.165) is 11.4 Å². The van der Waals surface area contributed by atoms with Crippen molar-refractivity contribution in [3.63, 3.8) is 0 Å². The molecular weight excluding hydrogens is 208 g/mol. The minimum atomic E-state index is 0.375. The van der Waals surface area contributed by atoms with Crippen LogP contribution in [-0.4, -0.2) is 9.97 Å². The topological polar surface area (TPSA) is 25.8 Å². The van der Waals surface area contributed by atoms with Crippen LogP contribution in [0.15, 0.2) is 67.0 Å². The Hall–Kier alpha value is -2.22. The van der Waals surface area contributed by atoms with Gasteiger partial charge in [0.1, 0.15) is 0 Å². The number of hydrogen-bond acceptors (Lipinski definition) is 2. The third kappa shape index (κ3) is 2.02. The van der Waals surface area contributed by atoms with Gasteiger partial charge in [0.15, 0.2) is 0 Å². The zero-order chi connectivity index (χ0) is 11.5. The summed E-state index contributed by atoms with van der Waals surface area (Å²) in [5, 5.41) is 0. The Bertz CT molecular complexity index is 541. The molecule has 2 heterocycles. The summed E-state index contributed by atoms with van der Waals surface area (Å²) in [6.45, 7) is 0. The lowest BCUT2D eigenvalue weighted by Gasteiger charge is -2.06. The molecule has 82 valence electrons. The second kappa shape index (κ2) is 4.34. The van der Waals surface area contributed by atoms with Crippen LogP contribution in [0.2, 0.25) is 0 Å². The maximum atomic E-state index is 4.46. The maximum Gasteiger partial charge on any atom is 0.0886 e. The van der Waals surface area contributed by atoms with Gasteiger partial charge in [0.25, 0.3) is 0 Å². The molecule has 0 aromatic carbocycles. The monoisotopic (exact) mass is 220 g/mol. The maximum absolute atomic E-state index is 4.46. The molecule has 0 spiro atoms. The Morgan fingerprint density at radius 1 is 0.824 bits per heavy atom. The van der Waals surface area contributed by atoms with Crippen molar-refractivity contribution in [1.82, 2.24) is 9.97 Å². The van der Waals surface area contributed by atoms with E-state index in [1.807, 2.05) is 30.5 Å². The summed E-state index contributed by atoms with van der Waals surface area (Å²) >= 11 is 0. The van der Waals surface area contributed by atoms with Gasteiger partial charge in [0.2, 0.25) is 0 Å². The lowest BCUT2D eigenvalue weighted by Crippen LogP contribution is -1.92. The van der Waals surface area contributed by atoms with E-state index in [1.54, 1.807) is 6.20 Å². The molecule has 0 bridgehead atoms. The van der Waals surface area contributed by atoms with Crippen molar-refractivity contribution in [3.05, 3.63) is 72.6 Å². The number of pyridine rings is 2. The average molecular weight is 220 g/mol. The Labute approximate surface area is 100 Å². The number of hydrogen-bond donors (Lipinski definition) is 0. The van der Waals surface area contributed by atoms with E-state index >= 15 is 0 Å². The van der Waals surface area contributed by atoms with Gasteiger partial charge < -0.3 is 0 Å². The summed E-state index contributed by atoms with van der Waals surface area (Å²) in [5.74, 6) is 0.375. The molecule has 0 fully saturated rings. The lowest BCUT2D eigenvalue weighted by molar-refractivity contribution is 1.07. The quantitative estimate of drug-likeness (QED) is 0.775. The Kier molecular flexibility index (Phi) is 2.54. The van der Waals surface area contributed by atoms with Crippen molar-refractivity contribution in [1.29, 1.82) is 0 Å². The van der Waals surface area contributed by atoms with E-state index in [4.69, 9.17) is 0 Å². The lowest BCUT2D eigenvalue weighted by atomic mass is 10.0. The van der Waals surface area contributed by atoms with Gasteiger partial charge in [-0.25, -0.2) is 0 Å². The molecule has 2 heteroatoms. The molecule has 0 atom stereocenters. The minimum Gasteiger partial charge on any atom is -0.255 e. The van der Waals surface area contributed by atoms with Crippen molar-refractivity contribution in [3.8, 4) is 11.4 Å². The highest BCUT2D eigenvalue weighted by Gasteiger charge is 2.07. The largest absolute Gasteiger partial charge is 0.255 e. The van der Waals surface area contributed by atoms with Crippen LogP contribution in [0.4, 0.5) is 0 Å². The van der Waals surface area contributed by atoms with Crippen molar-refractivity contribution < 1.29 is 0 Å². The molecule has 2 aromatic rings. The first kappa shape index (κ1) is 9.97. The van der Waals surface area contributed by atoms with Crippen molar-refractivity contribution in [2.24, 2.45) is 0 Å². The Balaban J connectivity index is 1.90. The van der Waals surface area contributed by atoms with Crippen LogP contribution >= 0.6 is 0 Å². The van der Waals surface area contributed by atoms with Gasteiger partial charge in [0, 0.05) is 18.3 Å². The number of nitrogens with zero attached hydrogens (tertiary/aromatic N) is 2. The molecular formula is C15H12N2. The summed E-state index contributed by atoms with van der Waals surface area (Å²) in [7, 11) is 0. The van der Waals surface area contributed by atoms with E-state index in [0.29, 0.717) is 5.92 Å². The number of allylic oxidation sites excluding steroid dienone is 4. The van der Waals surface area contributed by atoms with E-state index in [1.165, 1.54) is 5.56 Å². The first-order valence-corrected chi connectivity index (χ1v) is 5.66. The highest BCUT2D eigenvalue weighted by molar-refractivity contribution is 5.54. The molecule has 1 aliphatic carbocycles. The summed E-state index contributed by atoms with van der Waals surface area (Å²) in [6, 6.07) is 9.99. The fourth-order valence-corrected chi connectivity index (χ4v) is 1.92. The van der Waals surface area contributed by atoms with Crippen LogP contribution in [0.25, 0.3) is 11.4 Å². The second-order valence-corrected chi connectivity index (χ2v) is 3.99. The van der Waals surface area contributed by atoms with Gasteiger partial charge in [-0.05, 0) is 23.8 Å². The van der Waals surface area contributed by atoms with Crippen LogP contribution in [0, 0.1) is 0 Å². The minimum absolute atomic E-state index is 0.375. The van der Waals surface area contributed by atoms with E-state index in [-0.39, 0.29) is 0 Å². The molecule has 0 saturated carbocycles. The van der Waals surface area contributed by atoms with Crippen LogP contribution in [0.3, 0.4) is 0 Å². The Morgan fingerprint density at radius 2 is 1.65 bits per heavy atom. The molecule has 0 aliphatic heterocycles. The normalized spacial score (nSPS) is 14.4. The summed E-state index contributed by atoms with van der Waals surface area (Å²) in [6.07, 6.45) is 12.2. The van der Waals surface area contributed by atoms with E-state index in [2.05, 4.69) is 40.3 Å². The highest BCUT2D eigenvalue weighted by atomic mass is 14.8. The van der Waals surface area contributed by atoms with Crippen molar-refractivity contribution >= 4 is 0 Å². The third-order valence-electron chi connectivity index (χ3n) is 2.85. The van der Waals surface area contributed by atoms with Crippen LogP contribution in [0.1, 0.15) is 11.5 Å². The van der Waals surface area contributed by atoms with E-state index < -0.39 is 0 Å². The van der Waals surface area contributed by atoms with Gasteiger partial charge in [-0.2, -0.15) is 0 Å². The molecule has 0 N–H and O–H groups in total. The molecule has 0 amide bonds. The van der Waals surface area contributed by atoms with Crippen molar-refractivity contribution in [2.75, 3.05) is 0 Å². The summed E-state index contributed by atoms with van der Waals surface area (Å²) < 4.78 is 0. The van der Waals surface area contributed by atoms with Gasteiger partial charge in [-0.3, -0.25) is 9.97 Å². The molecule has 0 unspecified atom stereocenters. The molecule has 3 rings (SSSR count).